The van der Waals surface area contributed by atoms with Crippen LogP contribution in [-0.4, -0.2) is 27.4 Å². The van der Waals surface area contributed by atoms with E-state index in [0.717, 1.165) is 18.0 Å². The molecule has 0 fully saturated rings. The van der Waals surface area contributed by atoms with Crippen molar-refractivity contribution in [1.82, 2.24) is 0 Å². The molecule has 1 aromatic rings. The molecule has 0 bridgehead atoms. The van der Waals surface area contributed by atoms with Crippen LogP contribution in [0.25, 0.3) is 0 Å². The van der Waals surface area contributed by atoms with E-state index in [-0.39, 0.29) is 0 Å². The van der Waals surface area contributed by atoms with Crippen molar-refractivity contribution in [3.05, 3.63) is 35.9 Å². The first-order chi connectivity index (χ1) is 8.20. The molecule has 3 nitrogen and oxygen atoms in total. The van der Waals surface area contributed by atoms with E-state index in [1.54, 1.807) is 7.11 Å². The summed E-state index contributed by atoms with van der Waals surface area (Å²) in [6.45, 7) is 4.70. The van der Waals surface area contributed by atoms with E-state index in [4.69, 9.17) is 8.85 Å². The Hall–Kier alpha value is -0.683. The SMILES string of the molecule is CCCO[Si](CC)(OC)C(O)c1ccccc1. The van der Waals surface area contributed by atoms with Crippen molar-refractivity contribution >= 4 is 8.56 Å². The molecule has 96 valence electrons. The zero-order valence-electron chi connectivity index (χ0n) is 10.8. The molecule has 0 aromatic heterocycles. The minimum absolute atomic E-state index is 0.634. The average Bonchev–Trinajstić information content (AvgIpc) is 2.41. The molecule has 17 heavy (non-hydrogen) atoms. The molecule has 0 radical (unpaired) electrons. The van der Waals surface area contributed by atoms with Crippen LogP contribution in [0.4, 0.5) is 0 Å². The summed E-state index contributed by atoms with van der Waals surface area (Å²) in [6.07, 6.45) is 0.930. The molecule has 0 spiro atoms. The van der Waals surface area contributed by atoms with Crippen molar-refractivity contribution < 1.29 is 14.0 Å². The molecule has 2 atom stereocenters. The molecule has 0 saturated carbocycles. The predicted octanol–water partition coefficient (Wildman–Crippen LogP) is 2.79. The van der Waals surface area contributed by atoms with Gasteiger partial charge in [0.25, 0.3) is 0 Å². The summed E-state index contributed by atoms with van der Waals surface area (Å²) in [4.78, 5) is 0. The van der Waals surface area contributed by atoms with Gasteiger partial charge in [0, 0.05) is 13.7 Å². The molecular weight excluding hydrogens is 232 g/mol. The molecule has 0 aliphatic carbocycles. The Kier molecular flexibility index (Phi) is 5.84. The fraction of sp³-hybridized carbons (Fsp3) is 0.538. The molecule has 4 heteroatoms. The third kappa shape index (κ3) is 3.39. The van der Waals surface area contributed by atoms with Crippen LogP contribution in [0.5, 0.6) is 0 Å². The van der Waals surface area contributed by atoms with Crippen molar-refractivity contribution in [3.63, 3.8) is 0 Å². The first kappa shape index (κ1) is 14.4. The van der Waals surface area contributed by atoms with Gasteiger partial charge in [-0.15, -0.1) is 0 Å². The molecule has 0 aliphatic heterocycles. The van der Waals surface area contributed by atoms with Crippen LogP contribution in [-0.2, 0) is 8.85 Å². The third-order valence-electron chi connectivity index (χ3n) is 2.92. The molecule has 1 rings (SSSR count). The molecule has 0 amide bonds. The second kappa shape index (κ2) is 6.91. The van der Waals surface area contributed by atoms with E-state index in [1.165, 1.54) is 0 Å². The van der Waals surface area contributed by atoms with Crippen LogP contribution in [0.2, 0.25) is 6.04 Å². The molecular formula is C13H22O3Si. The zero-order chi connectivity index (χ0) is 12.7. The van der Waals surface area contributed by atoms with Gasteiger partial charge in [-0.05, 0) is 18.0 Å². The topological polar surface area (TPSA) is 38.7 Å². The van der Waals surface area contributed by atoms with Crippen LogP contribution in [0.15, 0.2) is 30.3 Å². The summed E-state index contributed by atoms with van der Waals surface area (Å²) in [5, 5.41) is 10.5. The fourth-order valence-electron chi connectivity index (χ4n) is 1.85. The Morgan fingerprint density at radius 3 is 2.35 bits per heavy atom. The summed E-state index contributed by atoms with van der Waals surface area (Å²) < 4.78 is 11.4. The van der Waals surface area contributed by atoms with Crippen LogP contribution < -0.4 is 0 Å². The lowest BCUT2D eigenvalue weighted by molar-refractivity contribution is 0.121. The van der Waals surface area contributed by atoms with Gasteiger partial charge in [-0.25, -0.2) is 0 Å². The lowest BCUT2D eigenvalue weighted by Gasteiger charge is -2.32. The quantitative estimate of drug-likeness (QED) is 0.760. The molecule has 0 heterocycles. The van der Waals surface area contributed by atoms with Crippen LogP contribution in [0.3, 0.4) is 0 Å². The Labute approximate surface area is 105 Å². The zero-order valence-corrected chi connectivity index (χ0v) is 11.8. The average molecular weight is 254 g/mol. The van der Waals surface area contributed by atoms with Gasteiger partial charge in [0.15, 0.2) is 0 Å². The fourth-order valence-corrected chi connectivity index (χ4v) is 4.48. The lowest BCUT2D eigenvalue weighted by atomic mass is 10.2. The number of aliphatic hydroxyl groups is 1. The smallest absolute Gasteiger partial charge is 0.371 e. The first-order valence-corrected chi connectivity index (χ1v) is 8.22. The van der Waals surface area contributed by atoms with E-state index in [2.05, 4.69) is 6.92 Å². The van der Waals surface area contributed by atoms with Gasteiger partial charge in [0.2, 0.25) is 0 Å². The van der Waals surface area contributed by atoms with Gasteiger partial charge in [-0.3, -0.25) is 0 Å². The summed E-state index contributed by atoms with van der Waals surface area (Å²) in [5.41, 5.74) is 0.240. The maximum absolute atomic E-state index is 10.5. The van der Waals surface area contributed by atoms with Crippen molar-refractivity contribution in [2.24, 2.45) is 0 Å². The van der Waals surface area contributed by atoms with Gasteiger partial charge in [0.05, 0.1) is 0 Å². The summed E-state index contributed by atoms with van der Waals surface area (Å²) in [7, 11) is -0.917. The van der Waals surface area contributed by atoms with Gasteiger partial charge >= 0.3 is 8.56 Å². The molecule has 0 saturated heterocycles. The largest absolute Gasteiger partial charge is 0.396 e. The Balaban J connectivity index is 2.90. The Morgan fingerprint density at radius 2 is 1.88 bits per heavy atom. The molecule has 2 unspecified atom stereocenters. The van der Waals surface area contributed by atoms with Gasteiger partial charge < -0.3 is 14.0 Å². The minimum atomic E-state index is -2.55. The maximum Gasteiger partial charge on any atom is 0.371 e. The second-order valence-corrected chi connectivity index (χ2v) is 7.61. The Bertz CT molecular complexity index is 312. The number of hydrogen-bond acceptors (Lipinski definition) is 3. The van der Waals surface area contributed by atoms with Crippen molar-refractivity contribution in [2.45, 2.75) is 32.0 Å². The third-order valence-corrected chi connectivity index (χ3v) is 6.46. The predicted molar refractivity (Wildman–Crippen MR) is 70.9 cm³/mol. The van der Waals surface area contributed by atoms with Crippen LogP contribution >= 0.6 is 0 Å². The van der Waals surface area contributed by atoms with E-state index in [1.807, 2.05) is 37.3 Å². The summed E-state index contributed by atoms with van der Waals surface area (Å²) >= 11 is 0. The van der Waals surface area contributed by atoms with Gasteiger partial charge in [0.1, 0.15) is 5.73 Å². The molecule has 1 N–H and O–H groups in total. The summed E-state index contributed by atoms with van der Waals surface area (Å²) in [5.74, 6) is 0. The van der Waals surface area contributed by atoms with E-state index in [9.17, 15) is 5.11 Å². The highest BCUT2D eigenvalue weighted by atomic mass is 28.4. The van der Waals surface area contributed by atoms with Gasteiger partial charge in [-0.2, -0.15) is 0 Å². The maximum atomic E-state index is 10.5. The van der Waals surface area contributed by atoms with E-state index >= 15 is 0 Å². The number of hydrogen-bond donors (Lipinski definition) is 1. The lowest BCUT2D eigenvalue weighted by Crippen LogP contribution is -2.47. The first-order valence-electron chi connectivity index (χ1n) is 6.12. The normalized spacial score (nSPS) is 16.5. The highest BCUT2D eigenvalue weighted by Gasteiger charge is 2.43. The minimum Gasteiger partial charge on any atom is -0.396 e. The monoisotopic (exact) mass is 254 g/mol. The summed E-state index contributed by atoms with van der Waals surface area (Å²) in [6, 6.07) is 10.3. The van der Waals surface area contributed by atoms with Crippen LogP contribution in [0, 0.1) is 0 Å². The van der Waals surface area contributed by atoms with Crippen molar-refractivity contribution in [2.75, 3.05) is 13.7 Å². The number of rotatable bonds is 7. The highest BCUT2D eigenvalue weighted by Crippen LogP contribution is 2.29. The van der Waals surface area contributed by atoms with Crippen LogP contribution in [0.1, 0.15) is 31.6 Å². The highest BCUT2D eigenvalue weighted by molar-refractivity contribution is 6.68. The number of aliphatic hydroxyl groups excluding tert-OH is 1. The van der Waals surface area contributed by atoms with E-state index in [0.29, 0.717) is 6.61 Å². The van der Waals surface area contributed by atoms with Gasteiger partial charge in [-0.1, -0.05) is 44.2 Å². The molecule has 1 aromatic carbocycles. The number of benzene rings is 1. The Morgan fingerprint density at radius 1 is 1.24 bits per heavy atom. The standard InChI is InChI=1S/C13H22O3Si/c1-4-11-16-17(5-2,15-3)13(14)12-9-7-6-8-10-12/h6-10,13-14H,4-5,11H2,1-3H3. The van der Waals surface area contributed by atoms with E-state index < -0.39 is 14.3 Å². The van der Waals surface area contributed by atoms with Crippen molar-refractivity contribution in [1.29, 1.82) is 0 Å². The van der Waals surface area contributed by atoms with Crippen molar-refractivity contribution in [3.8, 4) is 0 Å². The second-order valence-electron chi connectivity index (χ2n) is 4.03. The molecule has 0 aliphatic rings.